The van der Waals surface area contributed by atoms with Gasteiger partial charge in [-0.25, -0.2) is 0 Å². The highest BCUT2D eigenvalue weighted by Gasteiger charge is 2.33. The predicted molar refractivity (Wildman–Crippen MR) is 72.6 cm³/mol. The molecule has 3 rings (SSSR count). The van der Waals surface area contributed by atoms with Crippen molar-refractivity contribution in [2.75, 3.05) is 24.5 Å². The van der Waals surface area contributed by atoms with E-state index in [4.69, 9.17) is 0 Å². The van der Waals surface area contributed by atoms with E-state index < -0.39 is 0 Å². The van der Waals surface area contributed by atoms with Crippen LogP contribution in [0.4, 0.5) is 5.69 Å². The number of nitrogens with zero attached hydrogens (tertiary/aromatic N) is 1. The maximum atomic E-state index is 12.6. The Balaban J connectivity index is 1.82. The first kappa shape index (κ1) is 11.7. The number of hydrogen-bond acceptors (Lipinski definition) is 2. The molecule has 1 aromatic carbocycles. The fourth-order valence-corrected chi connectivity index (χ4v) is 2.87. The zero-order chi connectivity index (χ0) is 12.5. The Labute approximate surface area is 108 Å². The number of aryl methyl sites for hydroxylation is 1. The van der Waals surface area contributed by atoms with Crippen LogP contribution in [-0.2, 0) is 11.2 Å². The number of hydrogen-bond donors (Lipinski definition) is 1. The molecule has 2 aliphatic rings. The summed E-state index contributed by atoms with van der Waals surface area (Å²) in [6.45, 7) is 4.93. The molecule has 1 saturated heterocycles. The maximum absolute atomic E-state index is 12.6. The van der Waals surface area contributed by atoms with E-state index in [2.05, 4.69) is 30.4 Å². The third-order valence-corrected chi connectivity index (χ3v) is 4.29. The van der Waals surface area contributed by atoms with Gasteiger partial charge in [0, 0.05) is 18.2 Å². The quantitative estimate of drug-likeness (QED) is 0.860. The number of anilines is 1. The normalized spacial score (nSPS) is 21.1. The molecule has 0 spiro atoms. The molecule has 1 fully saturated rings. The molecular formula is C15H20N2O. The molecule has 1 unspecified atom stereocenters. The van der Waals surface area contributed by atoms with Crippen molar-refractivity contribution >= 4 is 11.6 Å². The summed E-state index contributed by atoms with van der Waals surface area (Å²) in [5.74, 6) is 0.956. The van der Waals surface area contributed by atoms with Crippen LogP contribution in [0.2, 0.25) is 0 Å². The summed E-state index contributed by atoms with van der Waals surface area (Å²) < 4.78 is 0. The summed E-state index contributed by atoms with van der Waals surface area (Å²) in [5.41, 5.74) is 2.45. The number of carbonyl (C=O) groups excluding carboxylic acids is 1. The molecule has 1 atom stereocenters. The molecule has 3 heteroatoms. The van der Waals surface area contributed by atoms with Gasteiger partial charge in [0.05, 0.1) is 0 Å². The Morgan fingerprint density at radius 2 is 2.17 bits per heavy atom. The summed E-state index contributed by atoms with van der Waals surface area (Å²) in [6, 6.07) is 8.31. The van der Waals surface area contributed by atoms with Crippen LogP contribution in [0.15, 0.2) is 24.3 Å². The highest BCUT2D eigenvalue weighted by molar-refractivity contribution is 5.96. The van der Waals surface area contributed by atoms with Crippen molar-refractivity contribution in [1.29, 1.82) is 0 Å². The van der Waals surface area contributed by atoms with Crippen LogP contribution in [0.5, 0.6) is 0 Å². The molecule has 2 heterocycles. The van der Waals surface area contributed by atoms with E-state index in [0.717, 1.165) is 38.2 Å². The zero-order valence-electron chi connectivity index (χ0n) is 10.9. The van der Waals surface area contributed by atoms with Crippen molar-refractivity contribution in [3.63, 3.8) is 0 Å². The van der Waals surface area contributed by atoms with E-state index in [0.29, 0.717) is 11.8 Å². The summed E-state index contributed by atoms with van der Waals surface area (Å²) in [5, 5.41) is 3.25. The molecule has 3 nitrogen and oxygen atoms in total. The van der Waals surface area contributed by atoms with Crippen molar-refractivity contribution in [2.45, 2.75) is 19.8 Å². The Morgan fingerprint density at radius 3 is 2.89 bits per heavy atom. The highest BCUT2D eigenvalue weighted by atomic mass is 16.2. The van der Waals surface area contributed by atoms with Crippen molar-refractivity contribution in [3.8, 4) is 0 Å². The molecule has 0 bridgehead atoms. The second-order valence-corrected chi connectivity index (χ2v) is 5.43. The second kappa shape index (κ2) is 4.73. The number of carbonyl (C=O) groups is 1. The number of nitrogens with one attached hydrogen (secondary N) is 1. The number of fused-ring (bicyclic) bond motifs is 1. The molecule has 1 N–H and O–H groups in total. The van der Waals surface area contributed by atoms with Crippen LogP contribution < -0.4 is 10.2 Å². The Kier molecular flexibility index (Phi) is 3.08. The van der Waals surface area contributed by atoms with E-state index in [1.807, 2.05) is 11.0 Å². The van der Waals surface area contributed by atoms with Gasteiger partial charge >= 0.3 is 0 Å². The molecule has 0 saturated carbocycles. The number of amides is 1. The summed E-state index contributed by atoms with van der Waals surface area (Å²) in [4.78, 5) is 14.6. The summed E-state index contributed by atoms with van der Waals surface area (Å²) in [6.07, 6.45) is 2.18. The first-order chi connectivity index (χ1) is 8.77. The average Bonchev–Trinajstić information content (AvgIpc) is 2.35. The van der Waals surface area contributed by atoms with Crippen LogP contribution >= 0.6 is 0 Å². The Bertz CT molecular complexity index is 454. The molecule has 96 valence electrons. The molecule has 1 amide bonds. The van der Waals surface area contributed by atoms with Gasteiger partial charge in [-0.1, -0.05) is 25.1 Å². The van der Waals surface area contributed by atoms with Gasteiger partial charge in [0.2, 0.25) is 5.91 Å². The van der Waals surface area contributed by atoms with Crippen LogP contribution in [0.25, 0.3) is 0 Å². The first-order valence-electron chi connectivity index (χ1n) is 6.87. The lowest BCUT2D eigenvalue weighted by atomic mass is 9.87. The van der Waals surface area contributed by atoms with Crippen molar-refractivity contribution in [2.24, 2.45) is 11.8 Å². The number of rotatable bonds is 2. The Morgan fingerprint density at radius 1 is 1.39 bits per heavy atom. The van der Waals surface area contributed by atoms with Gasteiger partial charge in [-0.05, 0) is 43.5 Å². The molecule has 0 aromatic heterocycles. The minimum absolute atomic E-state index is 0.136. The van der Waals surface area contributed by atoms with Crippen LogP contribution in [0, 0.1) is 11.8 Å². The summed E-state index contributed by atoms with van der Waals surface area (Å²) >= 11 is 0. The molecule has 0 radical (unpaired) electrons. The van der Waals surface area contributed by atoms with Gasteiger partial charge in [-0.15, -0.1) is 0 Å². The van der Waals surface area contributed by atoms with Gasteiger partial charge in [0.25, 0.3) is 0 Å². The van der Waals surface area contributed by atoms with Gasteiger partial charge in [0.15, 0.2) is 0 Å². The van der Waals surface area contributed by atoms with Gasteiger partial charge in [-0.3, -0.25) is 4.79 Å². The van der Waals surface area contributed by atoms with Crippen LogP contribution in [0.3, 0.4) is 0 Å². The average molecular weight is 244 g/mol. The molecule has 18 heavy (non-hydrogen) atoms. The standard InChI is InChI=1S/C15H20N2O/c1-11(13-9-16-10-13)15(18)17-8-4-6-12-5-2-3-7-14(12)17/h2-3,5,7,11,13,16H,4,6,8-10H2,1H3. The molecular weight excluding hydrogens is 224 g/mol. The smallest absolute Gasteiger partial charge is 0.230 e. The van der Waals surface area contributed by atoms with E-state index in [-0.39, 0.29) is 5.92 Å². The van der Waals surface area contributed by atoms with Crippen molar-refractivity contribution in [1.82, 2.24) is 5.32 Å². The predicted octanol–water partition coefficient (Wildman–Crippen LogP) is 1.82. The monoisotopic (exact) mass is 244 g/mol. The first-order valence-corrected chi connectivity index (χ1v) is 6.87. The van der Waals surface area contributed by atoms with E-state index >= 15 is 0 Å². The minimum Gasteiger partial charge on any atom is -0.316 e. The topological polar surface area (TPSA) is 32.3 Å². The zero-order valence-corrected chi connectivity index (χ0v) is 10.9. The maximum Gasteiger partial charge on any atom is 0.230 e. The van der Waals surface area contributed by atoms with Crippen molar-refractivity contribution in [3.05, 3.63) is 29.8 Å². The van der Waals surface area contributed by atoms with E-state index in [1.165, 1.54) is 5.56 Å². The summed E-state index contributed by atoms with van der Waals surface area (Å²) in [7, 11) is 0. The van der Waals surface area contributed by atoms with Gasteiger partial charge in [-0.2, -0.15) is 0 Å². The number of benzene rings is 1. The lowest BCUT2D eigenvalue weighted by Gasteiger charge is -2.37. The van der Waals surface area contributed by atoms with E-state index in [9.17, 15) is 4.79 Å². The Hall–Kier alpha value is -1.35. The van der Waals surface area contributed by atoms with E-state index in [1.54, 1.807) is 0 Å². The molecule has 0 aliphatic carbocycles. The SMILES string of the molecule is CC(C(=O)N1CCCc2ccccc21)C1CNC1. The lowest BCUT2D eigenvalue weighted by Crippen LogP contribution is -2.51. The van der Waals surface area contributed by atoms with Gasteiger partial charge in [0.1, 0.15) is 0 Å². The lowest BCUT2D eigenvalue weighted by molar-refractivity contribution is -0.124. The van der Waals surface area contributed by atoms with Crippen LogP contribution in [-0.4, -0.2) is 25.5 Å². The fourth-order valence-electron chi connectivity index (χ4n) is 2.87. The van der Waals surface area contributed by atoms with Gasteiger partial charge < -0.3 is 10.2 Å². The second-order valence-electron chi connectivity index (χ2n) is 5.43. The fraction of sp³-hybridized carbons (Fsp3) is 0.533. The van der Waals surface area contributed by atoms with Crippen LogP contribution in [0.1, 0.15) is 18.9 Å². The third kappa shape index (κ3) is 1.93. The third-order valence-electron chi connectivity index (χ3n) is 4.29. The highest BCUT2D eigenvalue weighted by Crippen LogP contribution is 2.29. The number of para-hydroxylation sites is 1. The molecule has 1 aromatic rings. The minimum atomic E-state index is 0.136. The molecule has 2 aliphatic heterocycles. The largest absolute Gasteiger partial charge is 0.316 e. The van der Waals surface area contributed by atoms with Crippen molar-refractivity contribution < 1.29 is 4.79 Å².